The van der Waals surface area contributed by atoms with Crippen molar-refractivity contribution in [3.8, 4) is 0 Å². The van der Waals surface area contributed by atoms with Gasteiger partial charge in [0.1, 0.15) is 18.2 Å². The van der Waals surface area contributed by atoms with E-state index in [1.165, 1.54) is 6.42 Å². The smallest absolute Gasteiger partial charge is 0.158 e. The molecule has 0 bridgehead atoms. The molecule has 1 aromatic rings. The first kappa shape index (κ1) is 16.0. The second-order valence-corrected chi connectivity index (χ2v) is 6.08. The number of rotatable bonds is 6. The molecule has 1 aliphatic rings. The summed E-state index contributed by atoms with van der Waals surface area (Å²) < 4.78 is 5.20. The van der Waals surface area contributed by atoms with Gasteiger partial charge < -0.3 is 15.0 Å². The Morgan fingerprint density at radius 1 is 1.33 bits per heavy atom. The number of aromatic nitrogens is 2. The summed E-state index contributed by atoms with van der Waals surface area (Å²) in [6, 6.07) is 2.07. The van der Waals surface area contributed by atoms with Gasteiger partial charge in [-0.05, 0) is 24.7 Å². The third-order valence-corrected chi connectivity index (χ3v) is 4.25. The van der Waals surface area contributed by atoms with Gasteiger partial charge >= 0.3 is 0 Å². The maximum Gasteiger partial charge on any atom is 0.158 e. The largest absolute Gasteiger partial charge is 0.377 e. The molecule has 5 nitrogen and oxygen atoms in total. The van der Waals surface area contributed by atoms with Gasteiger partial charge in [0.25, 0.3) is 0 Å². The van der Waals surface area contributed by atoms with E-state index in [1.54, 1.807) is 7.11 Å². The van der Waals surface area contributed by atoms with Crippen LogP contribution in [0.15, 0.2) is 6.07 Å². The summed E-state index contributed by atoms with van der Waals surface area (Å²) in [7, 11) is 1.68. The lowest BCUT2D eigenvalue weighted by Crippen LogP contribution is -2.39. The molecule has 2 rings (SSSR count). The predicted octanol–water partition coefficient (Wildman–Crippen LogP) is 2.93. The minimum absolute atomic E-state index is 0.453. The number of ether oxygens (including phenoxy) is 1. The number of nitrogens with zero attached hydrogens (tertiary/aromatic N) is 3. The fraction of sp³-hybridized carbons (Fsp3) is 0.750. The van der Waals surface area contributed by atoms with Crippen molar-refractivity contribution in [3.05, 3.63) is 11.9 Å². The van der Waals surface area contributed by atoms with E-state index < -0.39 is 0 Å². The van der Waals surface area contributed by atoms with Gasteiger partial charge in [-0.2, -0.15) is 0 Å². The van der Waals surface area contributed by atoms with Crippen LogP contribution in [-0.2, 0) is 11.3 Å². The van der Waals surface area contributed by atoms with Gasteiger partial charge in [-0.25, -0.2) is 9.97 Å². The van der Waals surface area contributed by atoms with Gasteiger partial charge in [0.15, 0.2) is 5.82 Å². The highest BCUT2D eigenvalue weighted by atomic mass is 16.5. The molecule has 0 aromatic carbocycles. The monoisotopic (exact) mass is 292 g/mol. The van der Waals surface area contributed by atoms with E-state index in [1.807, 2.05) is 0 Å². The standard InChI is InChI=1S/C16H28N4O/c1-5-7-17-14-9-16(19-15(18-14)11-21-4)20-8-6-12(2)13(3)10-20/h9,12-13H,5-8,10-11H2,1-4H3,(H,17,18,19). The van der Waals surface area contributed by atoms with Crippen LogP contribution in [0.25, 0.3) is 0 Å². The number of hydrogen-bond acceptors (Lipinski definition) is 5. The number of piperidine rings is 1. The topological polar surface area (TPSA) is 50.3 Å². The molecule has 0 aliphatic carbocycles. The highest BCUT2D eigenvalue weighted by molar-refractivity contribution is 5.49. The molecule has 2 atom stereocenters. The van der Waals surface area contributed by atoms with Crippen LogP contribution in [0.3, 0.4) is 0 Å². The predicted molar refractivity (Wildman–Crippen MR) is 86.7 cm³/mol. The highest BCUT2D eigenvalue weighted by Gasteiger charge is 2.24. The van der Waals surface area contributed by atoms with Crippen LogP contribution in [0.1, 0.15) is 39.4 Å². The molecule has 0 saturated carbocycles. The highest BCUT2D eigenvalue weighted by Crippen LogP contribution is 2.27. The third kappa shape index (κ3) is 4.30. The zero-order chi connectivity index (χ0) is 15.2. The van der Waals surface area contributed by atoms with Crippen molar-refractivity contribution in [2.75, 3.05) is 37.0 Å². The lowest BCUT2D eigenvalue weighted by Gasteiger charge is -2.36. The van der Waals surface area contributed by atoms with Crippen molar-refractivity contribution in [1.29, 1.82) is 0 Å². The summed E-state index contributed by atoms with van der Waals surface area (Å²) in [4.78, 5) is 11.6. The zero-order valence-electron chi connectivity index (χ0n) is 13.7. The van der Waals surface area contributed by atoms with Crippen molar-refractivity contribution in [2.24, 2.45) is 11.8 Å². The van der Waals surface area contributed by atoms with Crippen LogP contribution < -0.4 is 10.2 Å². The van der Waals surface area contributed by atoms with Gasteiger partial charge in [-0.3, -0.25) is 0 Å². The van der Waals surface area contributed by atoms with Gasteiger partial charge in [0.05, 0.1) is 0 Å². The molecule has 2 unspecified atom stereocenters. The van der Waals surface area contributed by atoms with Crippen molar-refractivity contribution in [1.82, 2.24) is 9.97 Å². The van der Waals surface area contributed by atoms with E-state index >= 15 is 0 Å². The van der Waals surface area contributed by atoms with E-state index in [0.29, 0.717) is 12.5 Å². The van der Waals surface area contributed by atoms with Crippen LogP contribution in [-0.4, -0.2) is 36.7 Å². The van der Waals surface area contributed by atoms with Crippen LogP contribution in [0, 0.1) is 11.8 Å². The Balaban J connectivity index is 2.18. The summed E-state index contributed by atoms with van der Waals surface area (Å²) >= 11 is 0. The first-order valence-electron chi connectivity index (χ1n) is 7.99. The van der Waals surface area contributed by atoms with Crippen molar-refractivity contribution in [2.45, 2.75) is 40.2 Å². The van der Waals surface area contributed by atoms with E-state index in [2.05, 4.69) is 47.0 Å². The summed E-state index contributed by atoms with van der Waals surface area (Å²) in [5.41, 5.74) is 0. The Kier molecular flexibility index (Phi) is 5.79. The summed E-state index contributed by atoms with van der Waals surface area (Å²) in [5, 5.41) is 3.36. The molecular weight excluding hydrogens is 264 g/mol. The number of hydrogen-bond donors (Lipinski definition) is 1. The molecular formula is C16H28N4O. The van der Waals surface area contributed by atoms with Crippen LogP contribution in [0.4, 0.5) is 11.6 Å². The zero-order valence-corrected chi connectivity index (χ0v) is 13.7. The minimum atomic E-state index is 0.453. The third-order valence-electron chi connectivity index (χ3n) is 4.25. The Hall–Kier alpha value is -1.36. The molecule has 2 heterocycles. The first-order chi connectivity index (χ1) is 10.1. The average molecular weight is 292 g/mol. The average Bonchev–Trinajstić information content (AvgIpc) is 2.48. The first-order valence-corrected chi connectivity index (χ1v) is 7.99. The maximum atomic E-state index is 5.20. The molecule has 1 aliphatic heterocycles. The molecule has 21 heavy (non-hydrogen) atoms. The van der Waals surface area contributed by atoms with E-state index in [0.717, 1.165) is 49.4 Å². The van der Waals surface area contributed by atoms with Crippen LogP contribution >= 0.6 is 0 Å². The molecule has 1 N–H and O–H groups in total. The number of anilines is 2. The van der Waals surface area contributed by atoms with E-state index in [9.17, 15) is 0 Å². The molecule has 1 aromatic heterocycles. The van der Waals surface area contributed by atoms with E-state index in [4.69, 9.17) is 4.74 Å². The molecule has 0 spiro atoms. The Labute approximate surface area is 128 Å². The Morgan fingerprint density at radius 2 is 2.14 bits per heavy atom. The van der Waals surface area contributed by atoms with Crippen molar-refractivity contribution < 1.29 is 4.74 Å². The maximum absolute atomic E-state index is 5.20. The van der Waals surface area contributed by atoms with Gasteiger partial charge in [-0.1, -0.05) is 20.8 Å². The number of nitrogens with one attached hydrogen (secondary N) is 1. The second kappa shape index (κ2) is 7.59. The molecule has 0 radical (unpaired) electrons. The lowest BCUT2D eigenvalue weighted by molar-refractivity contribution is 0.178. The van der Waals surface area contributed by atoms with Crippen LogP contribution in [0.5, 0.6) is 0 Å². The van der Waals surface area contributed by atoms with Crippen LogP contribution in [0.2, 0.25) is 0 Å². The molecule has 5 heteroatoms. The van der Waals surface area contributed by atoms with Gasteiger partial charge in [0, 0.05) is 32.8 Å². The van der Waals surface area contributed by atoms with Gasteiger partial charge in [0.2, 0.25) is 0 Å². The van der Waals surface area contributed by atoms with Gasteiger partial charge in [-0.15, -0.1) is 0 Å². The van der Waals surface area contributed by atoms with E-state index in [-0.39, 0.29) is 0 Å². The quantitative estimate of drug-likeness (QED) is 0.873. The fourth-order valence-electron chi connectivity index (χ4n) is 2.65. The summed E-state index contributed by atoms with van der Waals surface area (Å²) in [6.07, 6.45) is 2.31. The lowest BCUT2D eigenvalue weighted by atomic mass is 9.89. The molecule has 1 fully saturated rings. The SMILES string of the molecule is CCCNc1cc(N2CCC(C)C(C)C2)nc(COC)n1. The second-order valence-electron chi connectivity index (χ2n) is 6.08. The molecule has 0 amide bonds. The molecule has 118 valence electrons. The van der Waals surface area contributed by atoms with Crippen molar-refractivity contribution >= 4 is 11.6 Å². The van der Waals surface area contributed by atoms with Crippen molar-refractivity contribution in [3.63, 3.8) is 0 Å². The minimum Gasteiger partial charge on any atom is -0.377 e. The Morgan fingerprint density at radius 3 is 2.81 bits per heavy atom. The number of methoxy groups -OCH3 is 1. The fourth-order valence-corrected chi connectivity index (χ4v) is 2.65. The Bertz CT molecular complexity index is 452. The summed E-state index contributed by atoms with van der Waals surface area (Å²) in [6.45, 7) is 10.3. The molecule has 1 saturated heterocycles. The summed E-state index contributed by atoms with van der Waals surface area (Å²) in [5.74, 6) is 4.17. The normalized spacial score (nSPS) is 22.4.